The SMILES string of the molecule is CCCCOC(=O)c1ccc(OC)cc1N. The second kappa shape index (κ2) is 6.00. The predicted molar refractivity (Wildman–Crippen MR) is 62.6 cm³/mol. The Labute approximate surface area is 95.3 Å². The molecule has 1 rings (SSSR count). The number of unbranched alkanes of at least 4 members (excludes halogenated alkanes) is 1. The maximum atomic E-state index is 11.6. The van der Waals surface area contributed by atoms with E-state index in [1.165, 1.54) is 0 Å². The maximum absolute atomic E-state index is 11.6. The van der Waals surface area contributed by atoms with E-state index in [0.29, 0.717) is 23.6 Å². The first-order valence-electron chi connectivity index (χ1n) is 5.29. The average molecular weight is 223 g/mol. The van der Waals surface area contributed by atoms with Crippen molar-refractivity contribution in [2.24, 2.45) is 0 Å². The molecule has 0 radical (unpaired) electrons. The third kappa shape index (κ3) is 3.15. The van der Waals surface area contributed by atoms with Gasteiger partial charge in [-0.3, -0.25) is 0 Å². The first kappa shape index (κ1) is 12.4. The van der Waals surface area contributed by atoms with Crippen LogP contribution in [0.2, 0.25) is 0 Å². The Kier molecular flexibility index (Phi) is 4.64. The van der Waals surface area contributed by atoms with Gasteiger partial charge >= 0.3 is 5.97 Å². The lowest BCUT2D eigenvalue weighted by molar-refractivity contribution is 0.0501. The van der Waals surface area contributed by atoms with Gasteiger partial charge in [0.2, 0.25) is 0 Å². The Balaban J connectivity index is 2.68. The second-order valence-corrected chi connectivity index (χ2v) is 3.44. The Hall–Kier alpha value is -1.71. The molecule has 0 saturated heterocycles. The van der Waals surface area contributed by atoms with Gasteiger partial charge in [0, 0.05) is 11.8 Å². The van der Waals surface area contributed by atoms with Crippen LogP contribution < -0.4 is 10.5 Å². The summed E-state index contributed by atoms with van der Waals surface area (Å²) in [6.45, 7) is 2.47. The third-order valence-electron chi connectivity index (χ3n) is 2.21. The molecular formula is C12H17NO3. The fourth-order valence-corrected chi connectivity index (χ4v) is 1.24. The molecule has 2 N–H and O–H groups in total. The highest BCUT2D eigenvalue weighted by atomic mass is 16.5. The minimum Gasteiger partial charge on any atom is -0.497 e. The summed E-state index contributed by atoms with van der Waals surface area (Å²) >= 11 is 0. The van der Waals surface area contributed by atoms with Crippen molar-refractivity contribution in [3.05, 3.63) is 23.8 Å². The number of carbonyl (C=O) groups is 1. The van der Waals surface area contributed by atoms with Gasteiger partial charge in [-0.15, -0.1) is 0 Å². The number of benzene rings is 1. The van der Waals surface area contributed by atoms with Crippen LogP contribution in [0.3, 0.4) is 0 Å². The zero-order valence-corrected chi connectivity index (χ0v) is 9.66. The van der Waals surface area contributed by atoms with Crippen LogP contribution in [0.4, 0.5) is 5.69 Å². The van der Waals surface area contributed by atoms with Crippen molar-refractivity contribution < 1.29 is 14.3 Å². The van der Waals surface area contributed by atoms with Crippen LogP contribution in [-0.4, -0.2) is 19.7 Å². The third-order valence-corrected chi connectivity index (χ3v) is 2.21. The number of esters is 1. The van der Waals surface area contributed by atoms with Crippen LogP contribution in [0.1, 0.15) is 30.1 Å². The fourth-order valence-electron chi connectivity index (χ4n) is 1.24. The summed E-state index contributed by atoms with van der Waals surface area (Å²) in [6.07, 6.45) is 1.85. The summed E-state index contributed by atoms with van der Waals surface area (Å²) in [5.41, 5.74) is 6.48. The molecule has 88 valence electrons. The van der Waals surface area contributed by atoms with Crippen LogP contribution in [0.5, 0.6) is 5.75 Å². The van der Waals surface area contributed by atoms with Crippen LogP contribution in [0, 0.1) is 0 Å². The molecule has 0 fully saturated rings. The molecule has 0 unspecified atom stereocenters. The van der Waals surface area contributed by atoms with Crippen molar-refractivity contribution in [3.8, 4) is 5.75 Å². The molecule has 0 spiro atoms. The van der Waals surface area contributed by atoms with E-state index in [9.17, 15) is 4.79 Å². The van der Waals surface area contributed by atoms with E-state index in [4.69, 9.17) is 15.2 Å². The minimum atomic E-state index is -0.381. The Morgan fingerprint density at radius 1 is 1.44 bits per heavy atom. The lowest BCUT2D eigenvalue weighted by Gasteiger charge is -2.07. The number of rotatable bonds is 5. The van der Waals surface area contributed by atoms with Gasteiger partial charge < -0.3 is 15.2 Å². The van der Waals surface area contributed by atoms with Gasteiger partial charge in [0.1, 0.15) is 5.75 Å². The number of nitrogens with two attached hydrogens (primary N) is 1. The lowest BCUT2D eigenvalue weighted by Crippen LogP contribution is -2.09. The van der Waals surface area contributed by atoms with Crippen LogP contribution in [-0.2, 0) is 4.74 Å². The quantitative estimate of drug-likeness (QED) is 0.472. The van der Waals surface area contributed by atoms with E-state index in [1.54, 1.807) is 25.3 Å². The molecule has 0 aliphatic rings. The number of methoxy groups -OCH3 is 1. The molecule has 0 atom stereocenters. The molecule has 1 aromatic rings. The van der Waals surface area contributed by atoms with Gasteiger partial charge in [-0.2, -0.15) is 0 Å². The Morgan fingerprint density at radius 3 is 2.75 bits per heavy atom. The van der Waals surface area contributed by atoms with Crippen molar-refractivity contribution in [2.75, 3.05) is 19.5 Å². The Morgan fingerprint density at radius 2 is 2.19 bits per heavy atom. The molecule has 4 heteroatoms. The van der Waals surface area contributed by atoms with E-state index >= 15 is 0 Å². The first-order valence-corrected chi connectivity index (χ1v) is 5.29. The molecule has 0 aliphatic heterocycles. The molecule has 1 aromatic carbocycles. The summed E-state index contributed by atoms with van der Waals surface area (Å²) in [4.78, 5) is 11.6. The fraction of sp³-hybridized carbons (Fsp3) is 0.417. The number of carbonyl (C=O) groups excluding carboxylic acids is 1. The number of nitrogen functional groups attached to an aromatic ring is 1. The van der Waals surface area contributed by atoms with Gasteiger partial charge in [-0.25, -0.2) is 4.79 Å². The van der Waals surface area contributed by atoms with Crippen molar-refractivity contribution in [1.82, 2.24) is 0 Å². The summed E-state index contributed by atoms with van der Waals surface area (Å²) < 4.78 is 10.1. The second-order valence-electron chi connectivity index (χ2n) is 3.44. The monoisotopic (exact) mass is 223 g/mol. The molecule has 0 aromatic heterocycles. The lowest BCUT2D eigenvalue weighted by atomic mass is 10.2. The van der Waals surface area contributed by atoms with Gasteiger partial charge in [0.05, 0.1) is 19.3 Å². The van der Waals surface area contributed by atoms with E-state index < -0.39 is 0 Å². The zero-order chi connectivity index (χ0) is 12.0. The molecular weight excluding hydrogens is 206 g/mol. The highest BCUT2D eigenvalue weighted by Crippen LogP contribution is 2.20. The largest absolute Gasteiger partial charge is 0.497 e. The minimum absolute atomic E-state index is 0.376. The predicted octanol–water partition coefficient (Wildman–Crippen LogP) is 2.23. The molecule has 0 aliphatic carbocycles. The number of ether oxygens (including phenoxy) is 2. The molecule has 0 bridgehead atoms. The number of hydrogen-bond donors (Lipinski definition) is 1. The number of hydrogen-bond acceptors (Lipinski definition) is 4. The molecule has 0 saturated carbocycles. The standard InChI is InChI=1S/C12H17NO3/c1-3-4-7-16-12(14)10-6-5-9(15-2)8-11(10)13/h5-6,8H,3-4,7,13H2,1-2H3. The van der Waals surface area contributed by atoms with E-state index in [0.717, 1.165) is 12.8 Å². The smallest absolute Gasteiger partial charge is 0.340 e. The van der Waals surface area contributed by atoms with Gasteiger partial charge in [0.25, 0.3) is 0 Å². The molecule has 16 heavy (non-hydrogen) atoms. The average Bonchev–Trinajstić information content (AvgIpc) is 2.29. The normalized spacial score (nSPS) is 9.88. The molecule has 4 nitrogen and oxygen atoms in total. The Bertz CT molecular complexity index is 363. The summed E-state index contributed by atoms with van der Waals surface area (Å²) in [5.74, 6) is 0.246. The first-order chi connectivity index (χ1) is 7.69. The van der Waals surface area contributed by atoms with Gasteiger partial charge in [-0.1, -0.05) is 13.3 Å². The molecule has 0 amide bonds. The van der Waals surface area contributed by atoms with Gasteiger partial charge in [-0.05, 0) is 18.6 Å². The summed E-state index contributed by atoms with van der Waals surface area (Å²) in [5, 5.41) is 0. The molecule has 0 heterocycles. The van der Waals surface area contributed by atoms with E-state index in [-0.39, 0.29) is 5.97 Å². The zero-order valence-electron chi connectivity index (χ0n) is 9.66. The van der Waals surface area contributed by atoms with Crippen LogP contribution in [0.25, 0.3) is 0 Å². The van der Waals surface area contributed by atoms with Crippen molar-refractivity contribution >= 4 is 11.7 Å². The van der Waals surface area contributed by atoms with Crippen LogP contribution in [0.15, 0.2) is 18.2 Å². The summed E-state index contributed by atoms with van der Waals surface area (Å²) in [7, 11) is 1.55. The van der Waals surface area contributed by atoms with E-state index in [1.807, 2.05) is 6.92 Å². The topological polar surface area (TPSA) is 61.5 Å². The van der Waals surface area contributed by atoms with Crippen molar-refractivity contribution in [3.63, 3.8) is 0 Å². The number of anilines is 1. The van der Waals surface area contributed by atoms with Crippen molar-refractivity contribution in [2.45, 2.75) is 19.8 Å². The highest BCUT2D eigenvalue weighted by molar-refractivity contribution is 5.95. The van der Waals surface area contributed by atoms with E-state index in [2.05, 4.69) is 0 Å². The van der Waals surface area contributed by atoms with Crippen molar-refractivity contribution in [1.29, 1.82) is 0 Å². The van der Waals surface area contributed by atoms with Gasteiger partial charge in [0.15, 0.2) is 0 Å². The summed E-state index contributed by atoms with van der Waals surface area (Å²) in [6, 6.07) is 4.91. The highest BCUT2D eigenvalue weighted by Gasteiger charge is 2.11. The van der Waals surface area contributed by atoms with Crippen LogP contribution >= 0.6 is 0 Å². The maximum Gasteiger partial charge on any atom is 0.340 e.